The number of ether oxygens (including phenoxy) is 1. The summed E-state index contributed by atoms with van der Waals surface area (Å²) < 4.78 is 5.14. The zero-order valence-corrected chi connectivity index (χ0v) is 19.3. The molecule has 0 aliphatic rings. The number of methoxy groups -OCH3 is 1. The highest BCUT2D eigenvalue weighted by Crippen LogP contribution is 2.30. The Morgan fingerprint density at radius 3 is 1.94 bits per heavy atom. The average molecular weight is 456 g/mol. The summed E-state index contributed by atoms with van der Waals surface area (Å²) in [6, 6.07) is 24.4. The Balaban J connectivity index is 1.43. The SMILES string of the molecule is C=C(Cc1ccc(CCOC)cc1)Nc1ccc(-c2nccnc2-c2ccc(Cl)cc2)cc1. The number of allylic oxidation sites excluding steroid dienone is 1. The highest BCUT2D eigenvalue weighted by Gasteiger charge is 2.10. The molecule has 4 rings (SSSR count). The van der Waals surface area contributed by atoms with Gasteiger partial charge >= 0.3 is 0 Å². The van der Waals surface area contributed by atoms with E-state index in [1.807, 2.05) is 48.5 Å². The lowest BCUT2D eigenvalue weighted by molar-refractivity contribution is 0.202. The first-order chi connectivity index (χ1) is 16.1. The maximum atomic E-state index is 6.04. The number of nitrogens with zero attached hydrogens (tertiary/aromatic N) is 2. The molecule has 1 N–H and O–H groups in total. The van der Waals surface area contributed by atoms with Crippen molar-refractivity contribution in [1.29, 1.82) is 0 Å². The fraction of sp³-hybridized carbons (Fsp3) is 0.143. The second kappa shape index (κ2) is 10.9. The first-order valence-electron chi connectivity index (χ1n) is 10.8. The summed E-state index contributed by atoms with van der Waals surface area (Å²) in [5.74, 6) is 0. The maximum Gasteiger partial charge on any atom is 0.0965 e. The second-order valence-corrected chi connectivity index (χ2v) is 8.24. The van der Waals surface area contributed by atoms with E-state index in [0.717, 1.165) is 53.3 Å². The van der Waals surface area contributed by atoms with Crippen molar-refractivity contribution in [2.24, 2.45) is 0 Å². The summed E-state index contributed by atoms with van der Waals surface area (Å²) in [6.45, 7) is 4.93. The molecule has 0 saturated carbocycles. The molecular weight excluding hydrogens is 430 g/mol. The van der Waals surface area contributed by atoms with E-state index in [9.17, 15) is 0 Å². The van der Waals surface area contributed by atoms with Crippen LogP contribution in [0.3, 0.4) is 0 Å². The molecule has 1 heterocycles. The number of benzene rings is 3. The van der Waals surface area contributed by atoms with Gasteiger partial charge in [-0.3, -0.25) is 9.97 Å². The molecular formula is C28H26ClN3O. The normalized spacial score (nSPS) is 10.7. The minimum atomic E-state index is 0.696. The van der Waals surface area contributed by atoms with Gasteiger partial charge in [0.1, 0.15) is 0 Å². The zero-order valence-electron chi connectivity index (χ0n) is 18.6. The minimum Gasteiger partial charge on any atom is -0.384 e. The van der Waals surface area contributed by atoms with E-state index in [1.165, 1.54) is 11.1 Å². The molecule has 0 amide bonds. The van der Waals surface area contributed by atoms with E-state index in [2.05, 4.69) is 46.1 Å². The summed E-state index contributed by atoms with van der Waals surface area (Å²) in [5.41, 5.74) is 8.05. The molecule has 3 aromatic carbocycles. The number of nitrogens with one attached hydrogen (secondary N) is 1. The first kappa shape index (κ1) is 22.7. The van der Waals surface area contributed by atoms with E-state index in [-0.39, 0.29) is 0 Å². The number of hydrogen-bond acceptors (Lipinski definition) is 4. The van der Waals surface area contributed by atoms with Crippen LogP contribution in [0.25, 0.3) is 22.5 Å². The van der Waals surface area contributed by atoms with Gasteiger partial charge in [0.05, 0.1) is 18.0 Å². The van der Waals surface area contributed by atoms with Gasteiger partial charge < -0.3 is 10.1 Å². The van der Waals surface area contributed by atoms with Gasteiger partial charge in [0, 0.05) is 53.5 Å². The highest BCUT2D eigenvalue weighted by molar-refractivity contribution is 6.30. The summed E-state index contributed by atoms with van der Waals surface area (Å²) in [5, 5.41) is 4.10. The molecule has 1 aromatic heterocycles. The molecule has 4 nitrogen and oxygen atoms in total. The van der Waals surface area contributed by atoms with Crippen LogP contribution in [0.4, 0.5) is 5.69 Å². The van der Waals surface area contributed by atoms with Crippen molar-refractivity contribution >= 4 is 17.3 Å². The van der Waals surface area contributed by atoms with Gasteiger partial charge in [-0.1, -0.05) is 66.7 Å². The Labute approximate surface area is 200 Å². The second-order valence-electron chi connectivity index (χ2n) is 7.80. The average Bonchev–Trinajstić information content (AvgIpc) is 2.85. The van der Waals surface area contributed by atoms with Gasteiger partial charge in [-0.05, 0) is 41.8 Å². The molecule has 166 valence electrons. The molecule has 5 heteroatoms. The third-order valence-corrected chi connectivity index (χ3v) is 5.58. The lowest BCUT2D eigenvalue weighted by Gasteiger charge is -2.12. The van der Waals surface area contributed by atoms with Crippen LogP contribution < -0.4 is 5.32 Å². The summed E-state index contributed by atoms with van der Waals surface area (Å²) in [6.07, 6.45) is 5.10. The molecule has 0 saturated heterocycles. The molecule has 0 aliphatic heterocycles. The number of halogens is 1. The van der Waals surface area contributed by atoms with Gasteiger partial charge in [-0.25, -0.2) is 0 Å². The predicted octanol–water partition coefficient (Wildman–Crippen LogP) is 6.82. The van der Waals surface area contributed by atoms with Crippen LogP contribution in [-0.2, 0) is 17.6 Å². The molecule has 0 spiro atoms. The van der Waals surface area contributed by atoms with Crippen molar-refractivity contribution in [2.45, 2.75) is 12.8 Å². The molecule has 33 heavy (non-hydrogen) atoms. The van der Waals surface area contributed by atoms with Crippen molar-refractivity contribution in [3.05, 3.63) is 114 Å². The quantitative estimate of drug-likeness (QED) is 0.300. The van der Waals surface area contributed by atoms with E-state index in [0.29, 0.717) is 5.02 Å². The molecule has 0 bridgehead atoms. The van der Waals surface area contributed by atoms with Crippen LogP contribution >= 0.6 is 11.6 Å². The third-order valence-electron chi connectivity index (χ3n) is 5.33. The number of aromatic nitrogens is 2. The van der Waals surface area contributed by atoms with E-state index in [1.54, 1.807) is 19.5 Å². The Bertz CT molecular complexity index is 1200. The smallest absolute Gasteiger partial charge is 0.0965 e. The van der Waals surface area contributed by atoms with Crippen molar-refractivity contribution in [1.82, 2.24) is 9.97 Å². The standard InChI is InChI=1S/C28H26ClN3O/c1-20(19-22-5-3-21(4-6-22)15-18-33-2)32-26-13-9-24(10-14-26)28-27(30-16-17-31-28)23-7-11-25(29)12-8-23/h3-14,16-17,32H,1,15,18-19H2,2H3. The van der Waals surface area contributed by atoms with E-state index >= 15 is 0 Å². The Morgan fingerprint density at radius 1 is 0.818 bits per heavy atom. The summed E-state index contributed by atoms with van der Waals surface area (Å²) in [4.78, 5) is 9.13. The molecule has 0 fully saturated rings. The predicted molar refractivity (Wildman–Crippen MR) is 136 cm³/mol. The van der Waals surface area contributed by atoms with Crippen LogP contribution in [0, 0.1) is 0 Å². The fourth-order valence-corrected chi connectivity index (χ4v) is 3.74. The molecule has 0 unspecified atom stereocenters. The molecule has 0 atom stereocenters. The summed E-state index contributed by atoms with van der Waals surface area (Å²) >= 11 is 6.04. The van der Waals surface area contributed by atoms with Gasteiger partial charge in [0.25, 0.3) is 0 Å². The monoisotopic (exact) mass is 455 g/mol. The number of rotatable bonds is 9. The largest absolute Gasteiger partial charge is 0.384 e. The van der Waals surface area contributed by atoms with Crippen LogP contribution in [0.2, 0.25) is 5.02 Å². The van der Waals surface area contributed by atoms with Gasteiger partial charge in [0.2, 0.25) is 0 Å². The minimum absolute atomic E-state index is 0.696. The van der Waals surface area contributed by atoms with Crippen LogP contribution in [0.1, 0.15) is 11.1 Å². The lowest BCUT2D eigenvalue weighted by Crippen LogP contribution is -2.02. The molecule has 0 radical (unpaired) electrons. The Hall–Kier alpha value is -3.47. The molecule has 0 aliphatic carbocycles. The van der Waals surface area contributed by atoms with Gasteiger partial charge in [0.15, 0.2) is 0 Å². The van der Waals surface area contributed by atoms with Crippen LogP contribution in [0.5, 0.6) is 0 Å². The van der Waals surface area contributed by atoms with Crippen LogP contribution in [0.15, 0.2) is 97.5 Å². The summed E-state index contributed by atoms with van der Waals surface area (Å²) in [7, 11) is 1.72. The lowest BCUT2D eigenvalue weighted by atomic mass is 10.0. The number of anilines is 1. The topological polar surface area (TPSA) is 47.0 Å². The van der Waals surface area contributed by atoms with E-state index < -0.39 is 0 Å². The highest BCUT2D eigenvalue weighted by atomic mass is 35.5. The Morgan fingerprint density at radius 2 is 1.36 bits per heavy atom. The zero-order chi connectivity index (χ0) is 23.0. The number of hydrogen-bond donors (Lipinski definition) is 1. The van der Waals surface area contributed by atoms with Gasteiger partial charge in [-0.2, -0.15) is 0 Å². The fourth-order valence-electron chi connectivity index (χ4n) is 3.62. The van der Waals surface area contributed by atoms with Crippen molar-refractivity contribution in [3.8, 4) is 22.5 Å². The molecule has 4 aromatic rings. The first-order valence-corrected chi connectivity index (χ1v) is 11.2. The Kier molecular flexibility index (Phi) is 7.51. The van der Waals surface area contributed by atoms with E-state index in [4.69, 9.17) is 16.3 Å². The van der Waals surface area contributed by atoms with Gasteiger partial charge in [-0.15, -0.1) is 0 Å². The van der Waals surface area contributed by atoms with Crippen molar-refractivity contribution in [3.63, 3.8) is 0 Å². The third kappa shape index (κ3) is 6.07. The van der Waals surface area contributed by atoms with Crippen molar-refractivity contribution in [2.75, 3.05) is 19.0 Å². The van der Waals surface area contributed by atoms with Crippen LogP contribution in [-0.4, -0.2) is 23.7 Å². The van der Waals surface area contributed by atoms with Crippen molar-refractivity contribution < 1.29 is 4.74 Å². The maximum absolute atomic E-state index is 6.04.